The van der Waals surface area contributed by atoms with Crippen LogP contribution in [0.15, 0.2) is 36.5 Å². The summed E-state index contributed by atoms with van der Waals surface area (Å²) in [5.74, 6) is -1.20. The fraction of sp³-hybridized carbons (Fsp3) is 0.464. The van der Waals surface area contributed by atoms with Crippen molar-refractivity contribution < 1.29 is 22.3 Å². The van der Waals surface area contributed by atoms with Crippen molar-refractivity contribution in [2.75, 3.05) is 52.3 Å². The van der Waals surface area contributed by atoms with Gasteiger partial charge in [-0.2, -0.15) is 13.2 Å². The molecule has 0 unspecified atom stereocenters. The van der Waals surface area contributed by atoms with Gasteiger partial charge in [-0.1, -0.05) is 6.07 Å². The molecule has 4 aromatic rings. The maximum Gasteiger partial charge on any atom is 0.420 e. The number of benzene rings is 2. The lowest BCUT2D eigenvalue weighted by atomic mass is 10.0. The fourth-order valence-corrected chi connectivity index (χ4v) is 5.17. The van der Waals surface area contributed by atoms with Crippen molar-refractivity contribution in [3.05, 3.63) is 47.9 Å². The van der Waals surface area contributed by atoms with Gasteiger partial charge >= 0.3 is 6.18 Å². The number of piperazine rings is 1. The zero-order chi connectivity index (χ0) is 28.8. The average Bonchev–Trinajstić information content (AvgIpc) is 3.33. The molecule has 1 fully saturated rings. The van der Waals surface area contributed by atoms with Crippen LogP contribution in [-0.4, -0.2) is 88.8 Å². The molecule has 2 aromatic carbocycles. The molecule has 0 spiro atoms. The summed E-state index contributed by atoms with van der Waals surface area (Å²) in [4.78, 5) is 10.8. The third kappa shape index (κ3) is 5.42. The van der Waals surface area contributed by atoms with Gasteiger partial charge in [0.05, 0.1) is 23.8 Å². The summed E-state index contributed by atoms with van der Waals surface area (Å²) in [5.41, 5.74) is 1.10. The van der Waals surface area contributed by atoms with Gasteiger partial charge in [0.15, 0.2) is 17.2 Å². The molecule has 8 nitrogen and oxygen atoms in total. The maximum absolute atomic E-state index is 15.2. The molecule has 5 rings (SSSR count). The van der Waals surface area contributed by atoms with Crippen LogP contribution >= 0.6 is 0 Å². The molecule has 0 N–H and O–H groups in total. The summed E-state index contributed by atoms with van der Waals surface area (Å²) in [6, 6.07) is 7.65. The number of hydrogen-bond acceptors (Lipinski definition) is 7. The van der Waals surface area contributed by atoms with Crippen LogP contribution in [-0.2, 0) is 6.18 Å². The van der Waals surface area contributed by atoms with E-state index in [0.29, 0.717) is 41.2 Å². The van der Waals surface area contributed by atoms with Crippen molar-refractivity contribution in [1.29, 1.82) is 0 Å². The van der Waals surface area contributed by atoms with Crippen LogP contribution < -0.4 is 9.64 Å². The topological polar surface area (TPSA) is 62.0 Å². The molecule has 40 heavy (non-hydrogen) atoms. The summed E-state index contributed by atoms with van der Waals surface area (Å²) in [5, 5.41) is 8.74. The number of nitrogens with zero attached hydrogens (tertiary/aromatic N) is 7. The van der Waals surface area contributed by atoms with Gasteiger partial charge in [0, 0.05) is 31.7 Å². The SMILES string of the molecule is C[C@@H]1CN(c2nnc3cnc4ccc(-c5cc(F)c(OCCCN(C)C)c(C(F)(F)F)c5)cc4n23)C[C@H](C)N1C. The Kier molecular flexibility index (Phi) is 7.58. The zero-order valence-electron chi connectivity index (χ0n) is 23.2. The first-order valence-corrected chi connectivity index (χ1v) is 13.2. The van der Waals surface area contributed by atoms with Gasteiger partial charge in [-0.15, -0.1) is 10.2 Å². The third-order valence-electron chi connectivity index (χ3n) is 7.53. The highest BCUT2D eigenvalue weighted by Gasteiger charge is 2.37. The highest BCUT2D eigenvalue weighted by molar-refractivity contribution is 5.85. The van der Waals surface area contributed by atoms with Crippen molar-refractivity contribution in [2.24, 2.45) is 0 Å². The number of ether oxygens (including phenoxy) is 1. The first-order valence-electron chi connectivity index (χ1n) is 13.2. The summed E-state index contributed by atoms with van der Waals surface area (Å²) in [6.45, 7) is 6.34. The highest BCUT2D eigenvalue weighted by Crippen LogP contribution is 2.41. The Morgan fingerprint density at radius 1 is 1.02 bits per heavy atom. The van der Waals surface area contributed by atoms with Gasteiger partial charge in [0.2, 0.25) is 5.95 Å². The third-order valence-corrected chi connectivity index (χ3v) is 7.53. The van der Waals surface area contributed by atoms with Crippen molar-refractivity contribution in [1.82, 2.24) is 29.4 Å². The van der Waals surface area contributed by atoms with Crippen LogP contribution in [0.5, 0.6) is 5.75 Å². The smallest absolute Gasteiger partial charge is 0.420 e. The lowest BCUT2D eigenvalue weighted by molar-refractivity contribution is -0.139. The molecule has 1 aliphatic rings. The van der Waals surface area contributed by atoms with Crippen molar-refractivity contribution >= 4 is 22.6 Å². The predicted octanol–water partition coefficient (Wildman–Crippen LogP) is 4.96. The molecule has 12 heteroatoms. The van der Waals surface area contributed by atoms with E-state index in [1.165, 1.54) is 0 Å². The number of fused-ring (bicyclic) bond motifs is 3. The van der Waals surface area contributed by atoms with Gasteiger partial charge in [0.1, 0.15) is 5.56 Å². The first kappa shape index (κ1) is 28.0. The van der Waals surface area contributed by atoms with Crippen molar-refractivity contribution in [2.45, 2.75) is 38.5 Å². The standard InChI is InChI=1S/C28H33F4N7O/c1-17-15-38(16-18(2)37(17)5)27-35-34-25-14-33-23-8-7-19(13-24(23)39(25)27)20-11-21(28(30,31)32)26(22(29)12-20)40-10-6-9-36(3)4/h7-8,11-14,17-18H,6,9-10,15-16H2,1-5H3/t17-,18+. The van der Waals surface area contributed by atoms with Crippen LogP contribution in [0.1, 0.15) is 25.8 Å². The largest absolute Gasteiger partial charge is 0.490 e. The van der Waals surface area contributed by atoms with Gasteiger partial charge in [0.25, 0.3) is 0 Å². The van der Waals surface area contributed by atoms with E-state index in [1.54, 1.807) is 24.4 Å². The summed E-state index contributed by atoms with van der Waals surface area (Å²) in [7, 11) is 5.78. The molecular formula is C28H33F4N7O. The molecule has 3 heterocycles. The zero-order valence-corrected chi connectivity index (χ0v) is 23.2. The van der Waals surface area contributed by atoms with Gasteiger partial charge in [-0.25, -0.2) is 4.39 Å². The lowest BCUT2D eigenvalue weighted by Gasteiger charge is -2.42. The molecule has 0 aliphatic carbocycles. The molecule has 0 bridgehead atoms. The second kappa shape index (κ2) is 10.8. The summed E-state index contributed by atoms with van der Waals surface area (Å²) < 4.78 is 64.4. The maximum atomic E-state index is 15.2. The predicted molar refractivity (Wildman–Crippen MR) is 146 cm³/mol. The molecule has 0 amide bonds. The van der Waals surface area contributed by atoms with Crippen molar-refractivity contribution in [3.8, 4) is 16.9 Å². The van der Waals surface area contributed by atoms with E-state index in [-0.39, 0.29) is 24.3 Å². The molecule has 2 atom stereocenters. The van der Waals surface area contributed by atoms with E-state index < -0.39 is 23.3 Å². The van der Waals surface area contributed by atoms with E-state index in [0.717, 1.165) is 25.2 Å². The fourth-order valence-electron chi connectivity index (χ4n) is 5.17. The molecule has 1 saturated heterocycles. The Hall–Kier alpha value is -3.51. The van der Waals surface area contributed by atoms with Crippen LogP contribution in [0.2, 0.25) is 0 Å². The molecule has 0 saturated carbocycles. The van der Waals surface area contributed by atoms with Crippen LogP contribution in [0.25, 0.3) is 27.8 Å². The van der Waals surface area contributed by atoms with Crippen LogP contribution in [0, 0.1) is 5.82 Å². The second-order valence-corrected chi connectivity index (χ2v) is 10.8. The first-order chi connectivity index (χ1) is 18.9. The van der Waals surface area contributed by atoms with E-state index in [4.69, 9.17) is 4.74 Å². The molecule has 0 radical (unpaired) electrons. The normalized spacial score (nSPS) is 18.8. The summed E-state index contributed by atoms with van der Waals surface area (Å²) >= 11 is 0. The minimum Gasteiger partial charge on any atom is -0.490 e. The van der Waals surface area contributed by atoms with Crippen LogP contribution in [0.4, 0.5) is 23.5 Å². The number of anilines is 1. The number of halogens is 4. The van der Waals surface area contributed by atoms with Crippen LogP contribution in [0.3, 0.4) is 0 Å². The molecule has 1 aliphatic heterocycles. The average molecular weight is 560 g/mol. The second-order valence-electron chi connectivity index (χ2n) is 10.8. The molecular weight excluding hydrogens is 526 g/mol. The highest BCUT2D eigenvalue weighted by atomic mass is 19.4. The Labute approximate surface area is 230 Å². The molecule has 214 valence electrons. The number of likely N-dealkylation sites (N-methyl/N-ethyl adjacent to an activating group) is 1. The Balaban J connectivity index is 1.57. The van der Waals surface area contributed by atoms with E-state index in [1.807, 2.05) is 23.4 Å². The lowest BCUT2D eigenvalue weighted by Crippen LogP contribution is -2.55. The molecule has 2 aromatic heterocycles. The Morgan fingerprint density at radius 2 is 1.75 bits per heavy atom. The monoisotopic (exact) mass is 559 g/mol. The van der Waals surface area contributed by atoms with Crippen molar-refractivity contribution in [3.63, 3.8) is 0 Å². The Morgan fingerprint density at radius 3 is 2.42 bits per heavy atom. The number of aromatic nitrogens is 4. The minimum atomic E-state index is -4.80. The van der Waals surface area contributed by atoms with E-state index >= 15 is 4.39 Å². The van der Waals surface area contributed by atoms with E-state index in [2.05, 4.69) is 45.9 Å². The van der Waals surface area contributed by atoms with Gasteiger partial charge in [-0.3, -0.25) is 14.3 Å². The number of alkyl halides is 3. The summed E-state index contributed by atoms with van der Waals surface area (Å²) in [6.07, 6.45) is -2.72. The minimum absolute atomic E-state index is 0.0307. The number of rotatable bonds is 7. The van der Waals surface area contributed by atoms with Gasteiger partial charge in [-0.05, 0) is 76.8 Å². The van der Waals surface area contributed by atoms with Gasteiger partial charge < -0.3 is 14.5 Å². The quantitative estimate of drug-likeness (QED) is 0.234. The number of hydrogen-bond donors (Lipinski definition) is 0. The Bertz CT molecular complexity index is 1510. The van der Waals surface area contributed by atoms with E-state index in [9.17, 15) is 13.2 Å².